The number of hydrogen-bond donors (Lipinski definition) is 3. The van der Waals surface area contributed by atoms with Gasteiger partial charge < -0.3 is 20.1 Å². The Morgan fingerprint density at radius 1 is 1.21 bits per heavy atom. The van der Waals surface area contributed by atoms with Gasteiger partial charge in [-0.15, -0.1) is 0 Å². The molecule has 0 bridgehead atoms. The molecule has 3 N–H and O–H groups in total. The van der Waals surface area contributed by atoms with Gasteiger partial charge >= 0.3 is 5.97 Å². The van der Waals surface area contributed by atoms with Crippen LogP contribution >= 0.6 is 0 Å². The first-order chi connectivity index (χ1) is 11.3. The molecular formula is C18H22N2O4. The quantitative estimate of drug-likeness (QED) is 0.735. The summed E-state index contributed by atoms with van der Waals surface area (Å²) in [6.45, 7) is 6.71. The van der Waals surface area contributed by atoms with Gasteiger partial charge in [-0.1, -0.05) is 17.7 Å². The topological polar surface area (TPSA) is 91.4 Å². The van der Waals surface area contributed by atoms with E-state index in [-0.39, 0.29) is 12.3 Å². The number of aryl methyl sites for hydroxylation is 2. The molecule has 1 heterocycles. The summed E-state index contributed by atoms with van der Waals surface area (Å²) >= 11 is 0. The molecule has 1 atom stereocenters. The fraction of sp³-hybridized carbons (Fsp3) is 0.333. The second-order valence-corrected chi connectivity index (χ2v) is 5.83. The smallest absolute Gasteiger partial charge is 0.355 e. The molecule has 2 aromatic rings. The number of carbonyl (C=O) groups is 2. The van der Waals surface area contributed by atoms with Gasteiger partial charge in [0, 0.05) is 16.9 Å². The highest BCUT2D eigenvalue weighted by Crippen LogP contribution is 2.24. The summed E-state index contributed by atoms with van der Waals surface area (Å²) in [6.07, 6.45) is -0.687. The lowest BCUT2D eigenvalue weighted by Crippen LogP contribution is -2.21. The number of anilines is 1. The Bertz CT molecular complexity index is 745. The summed E-state index contributed by atoms with van der Waals surface area (Å²) in [5.41, 5.74) is 4.00. The lowest BCUT2D eigenvalue weighted by Gasteiger charge is -2.07. The minimum absolute atomic E-state index is 0.256. The standard InChI is InChI=1S/C18H22N2O4/c1-10-5-7-14(8-6-10)20-15(22)9-24-18(23)17-11(2)16(13(4)21)12(3)19-17/h5-8,13,19,21H,9H2,1-4H3,(H,20,22)/t13-/m1/s1. The molecule has 0 radical (unpaired) electrons. The molecule has 6 nitrogen and oxygen atoms in total. The van der Waals surface area contributed by atoms with Crippen LogP contribution in [0.3, 0.4) is 0 Å². The molecule has 6 heteroatoms. The van der Waals surface area contributed by atoms with Gasteiger partial charge in [0.1, 0.15) is 5.69 Å². The van der Waals surface area contributed by atoms with Crippen molar-refractivity contribution in [3.05, 3.63) is 52.3 Å². The van der Waals surface area contributed by atoms with Gasteiger partial charge in [0.25, 0.3) is 5.91 Å². The summed E-state index contributed by atoms with van der Waals surface area (Å²) < 4.78 is 5.05. The van der Waals surface area contributed by atoms with E-state index in [1.807, 2.05) is 19.1 Å². The fourth-order valence-corrected chi connectivity index (χ4v) is 2.63. The number of rotatable bonds is 5. The third kappa shape index (κ3) is 4.02. The van der Waals surface area contributed by atoms with Crippen molar-refractivity contribution >= 4 is 17.6 Å². The predicted octanol–water partition coefficient (Wildman–Crippen LogP) is 2.79. The highest BCUT2D eigenvalue weighted by molar-refractivity contribution is 5.95. The number of amides is 1. The van der Waals surface area contributed by atoms with E-state index in [1.54, 1.807) is 32.9 Å². The highest BCUT2D eigenvalue weighted by Gasteiger charge is 2.21. The zero-order valence-electron chi connectivity index (χ0n) is 14.3. The van der Waals surface area contributed by atoms with E-state index in [9.17, 15) is 14.7 Å². The number of aromatic nitrogens is 1. The van der Waals surface area contributed by atoms with Gasteiger partial charge in [-0.25, -0.2) is 4.79 Å². The van der Waals surface area contributed by atoms with Crippen LogP contribution in [0.5, 0.6) is 0 Å². The Morgan fingerprint density at radius 2 is 1.83 bits per heavy atom. The van der Waals surface area contributed by atoms with Gasteiger partial charge in [-0.05, 0) is 45.4 Å². The van der Waals surface area contributed by atoms with E-state index in [0.717, 1.165) is 5.56 Å². The molecule has 24 heavy (non-hydrogen) atoms. The SMILES string of the molecule is Cc1ccc(NC(=O)COC(=O)c2[nH]c(C)c([C@@H](C)O)c2C)cc1. The summed E-state index contributed by atoms with van der Waals surface area (Å²) in [6, 6.07) is 7.32. The van der Waals surface area contributed by atoms with Crippen molar-refractivity contribution in [3.8, 4) is 0 Å². The molecule has 0 spiro atoms. The maximum absolute atomic E-state index is 12.1. The Hall–Kier alpha value is -2.60. The van der Waals surface area contributed by atoms with E-state index in [2.05, 4.69) is 10.3 Å². The van der Waals surface area contributed by atoms with Gasteiger partial charge in [0.2, 0.25) is 0 Å². The Kier molecular flexibility index (Phi) is 5.41. The third-order valence-corrected chi connectivity index (χ3v) is 3.79. The maximum atomic E-state index is 12.1. The Balaban J connectivity index is 1.97. The number of carbonyl (C=O) groups excluding carboxylic acids is 2. The molecule has 1 amide bonds. The second kappa shape index (κ2) is 7.31. The number of aromatic amines is 1. The monoisotopic (exact) mass is 330 g/mol. The van der Waals surface area contributed by atoms with Crippen LogP contribution in [0.4, 0.5) is 5.69 Å². The first kappa shape index (κ1) is 17.7. The number of aliphatic hydroxyl groups is 1. The van der Waals surface area contributed by atoms with Crippen molar-refractivity contribution in [2.24, 2.45) is 0 Å². The van der Waals surface area contributed by atoms with Crippen LogP contribution in [-0.4, -0.2) is 28.6 Å². The molecular weight excluding hydrogens is 308 g/mol. The Morgan fingerprint density at radius 3 is 2.38 bits per heavy atom. The summed E-state index contributed by atoms with van der Waals surface area (Å²) in [7, 11) is 0. The molecule has 0 aliphatic heterocycles. The lowest BCUT2D eigenvalue weighted by atomic mass is 10.1. The third-order valence-electron chi connectivity index (χ3n) is 3.79. The summed E-state index contributed by atoms with van der Waals surface area (Å²) in [4.78, 5) is 26.9. The number of benzene rings is 1. The van der Waals surface area contributed by atoms with Crippen LogP contribution in [-0.2, 0) is 9.53 Å². The van der Waals surface area contributed by atoms with Gasteiger partial charge in [-0.3, -0.25) is 4.79 Å². The number of ether oxygens (including phenoxy) is 1. The second-order valence-electron chi connectivity index (χ2n) is 5.83. The molecule has 1 aromatic carbocycles. The maximum Gasteiger partial charge on any atom is 0.355 e. The van der Waals surface area contributed by atoms with Crippen LogP contribution in [0, 0.1) is 20.8 Å². The number of hydrogen-bond acceptors (Lipinski definition) is 4. The van der Waals surface area contributed by atoms with Crippen molar-refractivity contribution in [3.63, 3.8) is 0 Å². The lowest BCUT2D eigenvalue weighted by molar-refractivity contribution is -0.119. The van der Waals surface area contributed by atoms with E-state index < -0.39 is 18.0 Å². The van der Waals surface area contributed by atoms with Crippen LogP contribution in [0.25, 0.3) is 0 Å². The molecule has 2 rings (SSSR count). The number of esters is 1. The molecule has 0 saturated heterocycles. The minimum atomic E-state index is -0.687. The van der Waals surface area contributed by atoms with E-state index >= 15 is 0 Å². The summed E-state index contributed by atoms with van der Waals surface area (Å²) in [5, 5.41) is 12.4. The molecule has 1 aromatic heterocycles. The van der Waals surface area contributed by atoms with Crippen molar-refractivity contribution in [1.29, 1.82) is 0 Å². The van der Waals surface area contributed by atoms with E-state index in [4.69, 9.17) is 4.74 Å². The number of H-pyrrole nitrogens is 1. The molecule has 0 aliphatic rings. The van der Waals surface area contributed by atoms with Crippen LogP contribution in [0.15, 0.2) is 24.3 Å². The van der Waals surface area contributed by atoms with Crippen molar-refractivity contribution in [2.75, 3.05) is 11.9 Å². The first-order valence-electron chi connectivity index (χ1n) is 7.70. The van der Waals surface area contributed by atoms with Gasteiger partial charge in [0.15, 0.2) is 6.61 Å². The zero-order chi connectivity index (χ0) is 17.9. The molecule has 0 saturated carbocycles. The van der Waals surface area contributed by atoms with Crippen molar-refractivity contribution in [2.45, 2.75) is 33.8 Å². The Labute approximate surface area is 140 Å². The average Bonchev–Trinajstić information content (AvgIpc) is 2.82. The van der Waals surface area contributed by atoms with E-state index in [0.29, 0.717) is 22.5 Å². The molecule has 128 valence electrons. The summed E-state index contributed by atoms with van der Waals surface area (Å²) in [5.74, 6) is -1.04. The van der Waals surface area contributed by atoms with Crippen molar-refractivity contribution in [1.82, 2.24) is 4.98 Å². The first-order valence-corrected chi connectivity index (χ1v) is 7.70. The zero-order valence-corrected chi connectivity index (χ0v) is 14.3. The molecule has 0 aliphatic carbocycles. The highest BCUT2D eigenvalue weighted by atomic mass is 16.5. The average molecular weight is 330 g/mol. The van der Waals surface area contributed by atoms with Gasteiger partial charge in [0.05, 0.1) is 6.10 Å². The van der Waals surface area contributed by atoms with Gasteiger partial charge in [-0.2, -0.15) is 0 Å². The fourth-order valence-electron chi connectivity index (χ4n) is 2.63. The number of aliphatic hydroxyl groups excluding tert-OH is 1. The van der Waals surface area contributed by atoms with Crippen LogP contribution < -0.4 is 5.32 Å². The van der Waals surface area contributed by atoms with Crippen LogP contribution in [0.2, 0.25) is 0 Å². The molecule has 0 fully saturated rings. The van der Waals surface area contributed by atoms with E-state index in [1.165, 1.54) is 0 Å². The number of nitrogens with one attached hydrogen (secondary N) is 2. The predicted molar refractivity (Wildman–Crippen MR) is 91.0 cm³/mol. The molecule has 0 unspecified atom stereocenters. The van der Waals surface area contributed by atoms with Crippen molar-refractivity contribution < 1.29 is 19.4 Å². The normalized spacial score (nSPS) is 11.9. The van der Waals surface area contributed by atoms with Crippen LogP contribution in [0.1, 0.15) is 45.9 Å². The largest absolute Gasteiger partial charge is 0.451 e. The minimum Gasteiger partial charge on any atom is -0.451 e.